The third kappa shape index (κ3) is 4.07. The van der Waals surface area contributed by atoms with E-state index in [4.69, 9.17) is 4.74 Å². The van der Waals surface area contributed by atoms with Crippen LogP contribution >= 0.6 is 0 Å². The lowest BCUT2D eigenvalue weighted by atomic mass is 9.83. The number of allylic oxidation sites excluding steroid dienone is 1. The average molecular weight is 462 g/mol. The number of halogens is 1. The van der Waals surface area contributed by atoms with E-state index < -0.39 is 0 Å². The van der Waals surface area contributed by atoms with E-state index in [-0.39, 0.29) is 35.0 Å². The van der Waals surface area contributed by atoms with E-state index in [1.54, 1.807) is 0 Å². The van der Waals surface area contributed by atoms with Crippen LogP contribution in [0.2, 0.25) is 0 Å². The lowest BCUT2D eigenvalue weighted by Gasteiger charge is -2.52. The quantitative estimate of drug-likeness (QED) is 0.496. The first kappa shape index (κ1) is 22.6. The summed E-state index contributed by atoms with van der Waals surface area (Å²) in [5.41, 5.74) is 2.35. The molecule has 2 bridgehead atoms. The summed E-state index contributed by atoms with van der Waals surface area (Å²) >= 11 is 0. The van der Waals surface area contributed by atoms with Gasteiger partial charge in [-0.05, 0) is 51.2 Å². The fourth-order valence-electron chi connectivity index (χ4n) is 6.63. The van der Waals surface area contributed by atoms with Crippen molar-refractivity contribution < 1.29 is 31.0 Å². The van der Waals surface area contributed by atoms with E-state index in [9.17, 15) is 4.79 Å². The Bertz CT molecular complexity index is 716. The summed E-state index contributed by atoms with van der Waals surface area (Å²) in [5, 5.41) is 0. The molecule has 0 amide bonds. The molecule has 0 N–H and O–H groups in total. The highest BCUT2D eigenvalue weighted by atomic mass is 79.9. The zero-order valence-corrected chi connectivity index (χ0v) is 19.7. The summed E-state index contributed by atoms with van der Waals surface area (Å²) in [5.74, 6) is -0.0773. The first-order chi connectivity index (χ1) is 13.6. The van der Waals surface area contributed by atoms with Gasteiger partial charge in [-0.3, -0.25) is 4.79 Å². The Labute approximate surface area is 186 Å². The highest BCUT2D eigenvalue weighted by Crippen LogP contribution is 2.45. The standard InChI is InChI=1S/C25H36NO2.BrH/c1-4-26(18(2)3)20-14-15-21(26)17-22(16-20)28-25(27)24-13-9-8-12-23(24)19-10-6-5-7-11-19;/h5-7,10-12,18,20-22,24H,4,8-9,13-17H2,1-3H3;1H/q+1;/p-1/t20-,21+,22?,24?,26?;. The minimum Gasteiger partial charge on any atom is -1.00 e. The number of benzene rings is 1. The van der Waals surface area contributed by atoms with Crippen LogP contribution in [0.5, 0.6) is 0 Å². The van der Waals surface area contributed by atoms with Crippen LogP contribution in [-0.2, 0) is 9.53 Å². The van der Waals surface area contributed by atoms with Gasteiger partial charge in [-0.25, -0.2) is 0 Å². The summed E-state index contributed by atoms with van der Waals surface area (Å²) in [7, 11) is 0. The third-order valence-electron chi connectivity index (χ3n) is 7.88. The van der Waals surface area contributed by atoms with E-state index in [0.717, 1.165) is 32.1 Å². The number of carbonyl (C=O) groups excluding carboxylic acids is 1. The van der Waals surface area contributed by atoms with E-state index >= 15 is 0 Å². The molecule has 2 saturated heterocycles. The summed E-state index contributed by atoms with van der Waals surface area (Å²) in [4.78, 5) is 13.2. The maximum absolute atomic E-state index is 13.2. The van der Waals surface area contributed by atoms with E-state index in [1.165, 1.54) is 35.0 Å². The minimum absolute atomic E-state index is 0. The van der Waals surface area contributed by atoms with Gasteiger partial charge < -0.3 is 26.2 Å². The Morgan fingerprint density at radius 3 is 2.34 bits per heavy atom. The molecular weight excluding hydrogens is 426 g/mol. The number of fused-ring (bicyclic) bond motifs is 2. The smallest absolute Gasteiger partial charge is 0.313 e. The van der Waals surface area contributed by atoms with Crippen molar-refractivity contribution in [2.45, 2.75) is 89.9 Å². The lowest BCUT2D eigenvalue weighted by Crippen LogP contribution is -3.00. The fourth-order valence-corrected chi connectivity index (χ4v) is 6.63. The summed E-state index contributed by atoms with van der Waals surface area (Å²) < 4.78 is 7.43. The molecule has 4 rings (SSSR count). The maximum atomic E-state index is 13.2. The van der Waals surface area contributed by atoms with Crippen molar-refractivity contribution in [1.82, 2.24) is 0 Å². The largest absolute Gasteiger partial charge is 1.00 e. The second kappa shape index (κ2) is 9.34. The molecule has 160 valence electrons. The van der Waals surface area contributed by atoms with Crippen molar-refractivity contribution >= 4 is 11.5 Å². The van der Waals surface area contributed by atoms with Gasteiger partial charge in [-0.15, -0.1) is 0 Å². The number of rotatable bonds is 5. The SMILES string of the molecule is CC[N+]1(C(C)C)[C@@H]2CC[C@H]1CC(OC(=O)C1CCCC=C1c1ccccc1)C2.[Br-]. The van der Waals surface area contributed by atoms with Crippen molar-refractivity contribution in [3.63, 3.8) is 0 Å². The molecule has 0 aromatic heterocycles. The number of esters is 1. The average Bonchev–Trinajstić information content (AvgIpc) is 2.92. The summed E-state index contributed by atoms with van der Waals surface area (Å²) in [6.45, 7) is 8.30. The molecule has 1 aromatic carbocycles. The predicted molar refractivity (Wildman–Crippen MR) is 114 cm³/mol. The van der Waals surface area contributed by atoms with Gasteiger partial charge >= 0.3 is 5.97 Å². The Morgan fingerprint density at radius 1 is 1.10 bits per heavy atom. The minimum atomic E-state index is -0.0914. The molecular formula is C25H36BrNO2. The van der Waals surface area contributed by atoms with Gasteiger partial charge in [0.1, 0.15) is 6.10 Å². The molecule has 2 heterocycles. The van der Waals surface area contributed by atoms with Crippen molar-refractivity contribution in [2.24, 2.45) is 5.92 Å². The number of carbonyl (C=O) groups is 1. The molecule has 3 aliphatic rings. The van der Waals surface area contributed by atoms with Gasteiger partial charge in [0, 0.05) is 25.7 Å². The number of ether oxygens (including phenoxy) is 1. The van der Waals surface area contributed by atoms with Crippen LogP contribution in [0.15, 0.2) is 36.4 Å². The Balaban J connectivity index is 0.00000240. The van der Waals surface area contributed by atoms with Crippen molar-refractivity contribution in [1.29, 1.82) is 0 Å². The molecule has 2 aliphatic heterocycles. The molecule has 0 radical (unpaired) electrons. The first-order valence-electron chi connectivity index (χ1n) is 11.4. The number of hydrogen-bond donors (Lipinski definition) is 0. The first-order valence-corrected chi connectivity index (χ1v) is 11.4. The monoisotopic (exact) mass is 461 g/mol. The fraction of sp³-hybridized carbons (Fsp3) is 0.640. The molecule has 0 spiro atoms. The maximum Gasteiger partial charge on any atom is 0.313 e. The topological polar surface area (TPSA) is 26.3 Å². The van der Waals surface area contributed by atoms with Crippen LogP contribution in [0.1, 0.15) is 71.3 Å². The van der Waals surface area contributed by atoms with E-state index in [1.807, 2.05) is 6.07 Å². The van der Waals surface area contributed by atoms with Gasteiger partial charge in [0.25, 0.3) is 0 Å². The van der Waals surface area contributed by atoms with Crippen LogP contribution in [0.3, 0.4) is 0 Å². The van der Waals surface area contributed by atoms with Gasteiger partial charge in [-0.2, -0.15) is 0 Å². The molecule has 29 heavy (non-hydrogen) atoms. The Hall–Kier alpha value is -1.13. The van der Waals surface area contributed by atoms with Crippen molar-refractivity contribution in [3.05, 3.63) is 42.0 Å². The molecule has 3 nitrogen and oxygen atoms in total. The normalized spacial score (nSPS) is 33.7. The Kier molecular flexibility index (Phi) is 7.27. The zero-order valence-electron chi connectivity index (χ0n) is 18.1. The van der Waals surface area contributed by atoms with E-state index in [0.29, 0.717) is 18.1 Å². The number of hydrogen-bond acceptors (Lipinski definition) is 2. The highest BCUT2D eigenvalue weighted by Gasteiger charge is 2.55. The second-order valence-electron chi connectivity index (χ2n) is 9.33. The predicted octanol–water partition coefficient (Wildman–Crippen LogP) is 2.36. The van der Waals surface area contributed by atoms with Gasteiger partial charge in [-0.1, -0.05) is 36.4 Å². The molecule has 3 unspecified atom stereocenters. The van der Waals surface area contributed by atoms with Crippen LogP contribution < -0.4 is 17.0 Å². The molecule has 4 heteroatoms. The molecule has 1 aromatic rings. The summed E-state index contributed by atoms with van der Waals surface area (Å²) in [6, 6.07) is 12.4. The highest BCUT2D eigenvalue weighted by molar-refractivity contribution is 5.89. The number of piperidine rings is 1. The third-order valence-corrected chi connectivity index (χ3v) is 7.88. The lowest BCUT2D eigenvalue weighted by molar-refractivity contribution is -0.983. The second-order valence-corrected chi connectivity index (χ2v) is 9.33. The van der Waals surface area contributed by atoms with E-state index in [2.05, 4.69) is 51.1 Å². The molecule has 0 saturated carbocycles. The molecule has 5 atom stereocenters. The van der Waals surface area contributed by atoms with Gasteiger partial charge in [0.15, 0.2) is 0 Å². The summed E-state index contributed by atoms with van der Waals surface area (Å²) in [6.07, 6.45) is 10.1. The van der Waals surface area contributed by atoms with Crippen molar-refractivity contribution in [2.75, 3.05) is 6.54 Å². The van der Waals surface area contributed by atoms with Gasteiger partial charge in [0.05, 0.1) is 30.6 Å². The van der Waals surface area contributed by atoms with Crippen LogP contribution in [0.25, 0.3) is 5.57 Å². The zero-order chi connectivity index (χ0) is 19.7. The molecule has 2 fully saturated rings. The Morgan fingerprint density at radius 2 is 1.76 bits per heavy atom. The van der Waals surface area contributed by atoms with Crippen molar-refractivity contribution in [3.8, 4) is 0 Å². The van der Waals surface area contributed by atoms with Crippen LogP contribution in [-0.4, -0.2) is 41.2 Å². The van der Waals surface area contributed by atoms with Crippen LogP contribution in [0, 0.1) is 5.92 Å². The number of quaternary nitrogens is 1. The van der Waals surface area contributed by atoms with Crippen LogP contribution in [0.4, 0.5) is 0 Å². The molecule has 1 aliphatic carbocycles. The number of nitrogens with zero attached hydrogens (tertiary/aromatic N) is 1. The van der Waals surface area contributed by atoms with Gasteiger partial charge in [0.2, 0.25) is 0 Å².